The Morgan fingerprint density at radius 1 is 0.969 bits per heavy atom. The second-order valence-electron chi connectivity index (χ2n) is 7.53. The van der Waals surface area contributed by atoms with E-state index in [1.54, 1.807) is 12.4 Å². The number of anilines is 1. The molecule has 2 aromatic carbocycles. The van der Waals surface area contributed by atoms with Crippen molar-refractivity contribution in [1.29, 1.82) is 0 Å². The molecular weight excluding hydrogens is 418 g/mol. The second kappa shape index (κ2) is 9.78. The van der Waals surface area contributed by atoms with Gasteiger partial charge in [0.2, 0.25) is 5.91 Å². The van der Waals surface area contributed by atoms with Gasteiger partial charge in [-0.1, -0.05) is 36.9 Å². The van der Waals surface area contributed by atoms with Gasteiger partial charge in [-0.05, 0) is 73.4 Å². The van der Waals surface area contributed by atoms with Crippen molar-refractivity contribution < 1.29 is 4.79 Å². The smallest absolute Gasteiger partial charge is 0.234 e. The molecule has 4 rings (SSSR count). The minimum absolute atomic E-state index is 0.0837. The van der Waals surface area contributed by atoms with E-state index in [0.29, 0.717) is 11.0 Å². The zero-order valence-corrected chi connectivity index (χ0v) is 19.2. The van der Waals surface area contributed by atoms with E-state index in [9.17, 15) is 4.79 Å². The predicted molar refractivity (Wildman–Crippen MR) is 129 cm³/mol. The Kier molecular flexibility index (Phi) is 6.66. The number of thioether (sulfide) groups is 1. The summed E-state index contributed by atoms with van der Waals surface area (Å²) >= 11 is 1.36. The van der Waals surface area contributed by atoms with Crippen molar-refractivity contribution in [3.63, 3.8) is 0 Å². The number of hydrogen-bond donors (Lipinski definition) is 1. The van der Waals surface area contributed by atoms with Gasteiger partial charge in [-0.2, -0.15) is 0 Å². The topological polar surface area (TPSA) is 72.7 Å². The normalized spacial score (nSPS) is 10.8. The molecular formula is C25H25N5OS. The van der Waals surface area contributed by atoms with Crippen molar-refractivity contribution in [3.8, 4) is 17.1 Å². The number of benzene rings is 2. The number of amides is 1. The van der Waals surface area contributed by atoms with Crippen LogP contribution in [0.15, 0.2) is 72.1 Å². The standard InChI is InChI=1S/C25H25N5OS/c1-4-19-6-9-22(10-7-19)30-24(20-11-13-26-14-12-20)28-29-25(30)32-16-23(31)27-21-8-5-17(2)18(3)15-21/h5-15H,4,16H2,1-3H3,(H,27,31). The maximum absolute atomic E-state index is 12.6. The van der Waals surface area contributed by atoms with E-state index in [4.69, 9.17) is 0 Å². The summed E-state index contributed by atoms with van der Waals surface area (Å²) in [5.74, 6) is 0.863. The summed E-state index contributed by atoms with van der Waals surface area (Å²) in [6.07, 6.45) is 4.44. The predicted octanol–water partition coefficient (Wildman–Crippen LogP) is 5.24. The van der Waals surface area contributed by atoms with E-state index in [2.05, 4.69) is 58.6 Å². The van der Waals surface area contributed by atoms with Crippen molar-refractivity contribution in [2.75, 3.05) is 11.1 Å². The van der Waals surface area contributed by atoms with Crippen LogP contribution in [0.5, 0.6) is 0 Å². The Hall–Kier alpha value is -3.45. The quantitative estimate of drug-likeness (QED) is 0.396. The first-order valence-electron chi connectivity index (χ1n) is 10.5. The highest BCUT2D eigenvalue weighted by Crippen LogP contribution is 2.28. The number of carbonyl (C=O) groups excluding carboxylic acids is 1. The van der Waals surface area contributed by atoms with Crippen LogP contribution in [0.4, 0.5) is 5.69 Å². The summed E-state index contributed by atoms with van der Waals surface area (Å²) in [5.41, 5.74) is 6.27. The maximum Gasteiger partial charge on any atom is 0.234 e. The van der Waals surface area contributed by atoms with Crippen LogP contribution in [0.25, 0.3) is 17.1 Å². The van der Waals surface area contributed by atoms with E-state index in [1.807, 2.05) is 41.8 Å². The highest BCUT2D eigenvalue weighted by Gasteiger charge is 2.17. The molecule has 0 unspecified atom stereocenters. The fourth-order valence-corrected chi connectivity index (χ4v) is 4.06. The molecule has 0 aliphatic heterocycles. The summed E-state index contributed by atoms with van der Waals surface area (Å²) in [7, 11) is 0. The lowest BCUT2D eigenvalue weighted by Gasteiger charge is -2.11. The van der Waals surface area contributed by atoms with Crippen LogP contribution in [-0.2, 0) is 11.2 Å². The highest BCUT2D eigenvalue weighted by molar-refractivity contribution is 7.99. The Balaban J connectivity index is 1.58. The molecule has 0 bridgehead atoms. The van der Waals surface area contributed by atoms with Gasteiger partial charge in [0.15, 0.2) is 11.0 Å². The third kappa shape index (κ3) is 4.89. The molecule has 0 aliphatic rings. The van der Waals surface area contributed by atoms with Crippen LogP contribution in [0, 0.1) is 13.8 Å². The van der Waals surface area contributed by atoms with Crippen molar-refractivity contribution >= 4 is 23.4 Å². The third-order valence-electron chi connectivity index (χ3n) is 5.30. The number of nitrogens with zero attached hydrogens (tertiary/aromatic N) is 4. The van der Waals surface area contributed by atoms with Gasteiger partial charge in [0.25, 0.3) is 0 Å². The lowest BCUT2D eigenvalue weighted by atomic mass is 10.1. The SMILES string of the molecule is CCc1ccc(-n2c(SCC(=O)Nc3ccc(C)c(C)c3)nnc2-c2ccncc2)cc1. The number of pyridine rings is 1. The van der Waals surface area contributed by atoms with Gasteiger partial charge < -0.3 is 5.32 Å². The summed E-state index contributed by atoms with van der Waals surface area (Å²) in [4.78, 5) is 16.7. The summed E-state index contributed by atoms with van der Waals surface area (Å²) < 4.78 is 1.99. The van der Waals surface area contributed by atoms with Crippen LogP contribution in [0.1, 0.15) is 23.6 Å². The van der Waals surface area contributed by atoms with Gasteiger partial charge in [-0.3, -0.25) is 14.3 Å². The number of rotatable bonds is 7. The van der Waals surface area contributed by atoms with Gasteiger partial charge in [-0.25, -0.2) is 0 Å². The Morgan fingerprint density at radius 2 is 1.72 bits per heavy atom. The lowest BCUT2D eigenvalue weighted by Crippen LogP contribution is -2.14. The number of hydrogen-bond acceptors (Lipinski definition) is 5. The molecule has 4 aromatic rings. The Morgan fingerprint density at radius 3 is 2.41 bits per heavy atom. The molecule has 2 aromatic heterocycles. The van der Waals surface area contributed by atoms with Gasteiger partial charge in [0.1, 0.15) is 0 Å². The van der Waals surface area contributed by atoms with Crippen LogP contribution in [0.3, 0.4) is 0 Å². The minimum atomic E-state index is -0.0837. The highest BCUT2D eigenvalue weighted by atomic mass is 32.2. The fourth-order valence-electron chi connectivity index (χ4n) is 3.31. The van der Waals surface area contributed by atoms with Crippen molar-refractivity contribution in [2.45, 2.75) is 32.3 Å². The molecule has 0 radical (unpaired) electrons. The van der Waals surface area contributed by atoms with Crippen LogP contribution in [0.2, 0.25) is 0 Å². The molecule has 0 fully saturated rings. The molecule has 0 atom stereocenters. The number of nitrogens with one attached hydrogen (secondary N) is 1. The maximum atomic E-state index is 12.6. The van der Waals surface area contributed by atoms with Crippen LogP contribution in [-0.4, -0.2) is 31.4 Å². The van der Waals surface area contributed by atoms with E-state index in [1.165, 1.54) is 22.9 Å². The molecule has 32 heavy (non-hydrogen) atoms. The molecule has 0 aliphatic carbocycles. The average Bonchev–Trinajstić information content (AvgIpc) is 3.25. The third-order valence-corrected chi connectivity index (χ3v) is 6.23. The summed E-state index contributed by atoms with van der Waals surface area (Å²) in [5, 5.41) is 12.4. The molecule has 162 valence electrons. The first-order valence-corrected chi connectivity index (χ1v) is 11.5. The second-order valence-corrected chi connectivity index (χ2v) is 8.48. The molecule has 7 heteroatoms. The first kappa shape index (κ1) is 21.8. The molecule has 1 amide bonds. The molecule has 0 saturated heterocycles. The Bertz CT molecular complexity index is 1220. The van der Waals surface area contributed by atoms with Crippen molar-refractivity contribution in [3.05, 3.63) is 83.7 Å². The fraction of sp³-hybridized carbons (Fsp3) is 0.200. The van der Waals surface area contributed by atoms with E-state index in [0.717, 1.165) is 28.9 Å². The summed E-state index contributed by atoms with van der Waals surface area (Å²) in [6, 6.07) is 18.1. The number of carbonyl (C=O) groups is 1. The van der Waals surface area contributed by atoms with Crippen LogP contribution >= 0.6 is 11.8 Å². The largest absolute Gasteiger partial charge is 0.325 e. The molecule has 2 heterocycles. The molecule has 1 N–H and O–H groups in total. The monoisotopic (exact) mass is 443 g/mol. The number of aryl methyl sites for hydroxylation is 3. The van der Waals surface area contributed by atoms with Gasteiger partial charge >= 0.3 is 0 Å². The average molecular weight is 444 g/mol. The Labute approximate surface area is 192 Å². The molecule has 6 nitrogen and oxygen atoms in total. The van der Waals surface area contributed by atoms with Crippen LogP contribution < -0.4 is 5.32 Å². The van der Waals surface area contributed by atoms with E-state index >= 15 is 0 Å². The zero-order valence-electron chi connectivity index (χ0n) is 18.4. The van der Waals surface area contributed by atoms with E-state index < -0.39 is 0 Å². The van der Waals surface area contributed by atoms with E-state index in [-0.39, 0.29) is 11.7 Å². The minimum Gasteiger partial charge on any atom is -0.325 e. The molecule has 0 saturated carbocycles. The van der Waals surface area contributed by atoms with Gasteiger partial charge in [0, 0.05) is 29.3 Å². The first-order chi connectivity index (χ1) is 15.5. The number of aromatic nitrogens is 4. The van der Waals surface area contributed by atoms with Crippen molar-refractivity contribution in [2.24, 2.45) is 0 Å². The van der Waals surface area contributed by atoms with Gasteiger partial charge in [-0.15, -0.1) is 10.2 Å². The molecule has 0 spiro atoms. The summed E-state index contributed by atoms with van der Waals surface area (Å²) in [6.45, 7) is 6.22. The zero-order chi connectivity index (χ0) is 22.5. The van der Waals surface area contributed by atoms with Crippen molar-refractivity contribution in [1.82, 2.24) is 19.7 Å². The lowest BCUT2D eigenvalue weighted by molar-refractivity contribution is -0.113. The van der Waals surface area contributed by atoms with Gasteiger partial charge in [0.05, 0.1) is 5.75 Å².